The third-order valence-electron chi connectivity index (χ3n) is 5.62. The predicted octanol–water partition coefficient (Wildman–Crippen LogP) is 2.35. The van der Waals surface area contributed by atoms with Gasteiger partial charge in [0.1, 0.15) is 0 Å². The van der Waals surface area contributed by atoms with E-state index in [1.807, 2.05) is 0 Å². The first kappa shape index (κ1) is 12.0. The van der Waals surface area contributed by atoms with Crippen LogP contribution in [0.1, 0.15) is 38.5 Å². The lowest BCUT2D eigenvalue weighted by Gasteiger charge is -2.32. The Labute approximate surface area is 106 Å². The van der Waals surface area contributed by atoms with Gasteiger partial charge in [-0.05, 0) is 83.0 Å². The first-order valence-electron chi connectivity index (χ1n) is 7.64. The van der Waals surface area contributed by atoms with Crippen molar-refractivity contribution in [1.82, 2.24) is 10.2 Å². The predicted molar refractivity (Wildman–Crippen MR) is 72.0 cm³/mol. The average molecular weight is 236 g/mol. The lowest BCUT2D eigenvalue weighted by Crippen LogP contribution is -2.40. The molecule has 3 saturated carbocycles. The Kier molecular flexibility index (Phi) is 3.45. The first-order chi connectivity index (χ1) is 8.25. The maximum Gasteiger partial charge on any atom is 0.0101 e. The van der Waals surface area contributed by atoms with E-state index in [0.29, 0.717) is 0 Å². The van der Waals surface area contributed by atoms with Crippen LogP contribution in [-0.4, -0.2) is 38.1 Å². The SMILES string of the molecule is CN(C)CCCNC1CC2CC1C1CCCC21. The summed E-state index contributed by atoms with van der Waals surface area (Å²) in [6.45, 7) is 2.45. The molecule has 3 aliphatic rings. The van der Waals surface area contributed by atoms with Crippen molar-refractivity contribution < 1.29 is 0 Å². The number of hydrogen-bond acceptors (Lipinski definition) is 2. The fourth-order valence-corrected chi connectivity index (χ4v) is 4.99. The van der Waals surface area contributed by atoms with Crippen LogP contribution in [0.3, 0.4) is 0 Å². The van der Waals surface area contributed by atoms with Crippen molar-refractivity contribution in [3.8, 4) is 0 Å². The van der Waals surface area contributed by atoms with Crippen LogP contribution in [0.5, 0.6) is 0 Å². The molecular weight excluding hydrogens is 208 g/mol. The summed E-state index contributed by atoms with van der Waals surface area (Å²) in [5.74, 6) is 4.39. The second kappa shape index (κ2) is 4.89. The summed E-state index contributed by atoms with van der Waals surface area (Å²) in [5.41, 5.74) is 0. The summed E-state index contributed by atoms with van der Waals surface area (Å²) in [7, 11) is 4.33. The van der Waals surface area contributed by atoms with Gasteiger partial charge in [0.15, 0.2) is 0 Å². The Morgan fingerprint density at radius 2 is 1.88 bits per heavy atom. The summed E-state index contributed by atoms with van der Waals surface area (Å²) in [6.07, 6.45) is 8.97. The van der Waals surface area contributed by atoms with Crippen LogP contribution in [-0.2, 0) is 0 Å². The molecule has 1 N–H and O–H groups in total. The highest BCUT2D eigenvalue weighted by molar-refractivity contribution is 5.05. The van der Waals surface area contributed by atoms with Crippen LogP contribution >= 0.6 is 0 Å². The van der Waals surface area contributed by atoms with E-state index in [9.17, 15) is 0 Å². The van der Waals surface area contributed by atoms with Crippen LogP contribution < -0.4 is 5.32 Å². The first-order valence-corrected chi connectivity index (χ1v) is 7.64. The zero-order chi connectivity index (χ0) is 11.8. The minimum absolute atomic E-state index is 0.876. The largest absolute Gasteiger partial charge is 0.314 e. The molecule has 3 fully saturated rings. The highest BCUT2D eigenvalue weighted by Crippen LogP contribution is 2.58. The maximum atomic E-state index is 3.85. The van der Waals surface area contributed by atoms with Crippen molar-refractivity contribution in [1.29, 1.82) is 0 Å². The second-order valence-electron chi connectivity index (χ2n) is 6.87. The van der Waals surface area contributed by atoms with Gasteiger partial charge in [-0.2, -0.15) is 0 Å². The molecule has 0 heterocycles. The van der Waals surface area contributed by atoms with Gasteiger partial charge in [-0.25, -0.2) is 0 Å². The van der Waals surface area contributed by atoms with Gasteiger partial charge in [0.05, 0.1) is 0 Å². The lowest BCUT2D eigenvalue weighted by atomic mass is 9.79. The fraction of sp³-hybridized carbons (Fsp3) is 1.00. The molecule has 2 nitrogen and oxygen atoms in total. The molecule has 17 heavy (non-hydrogen) atoms. The smallest absolute Gasteiger partial charge is 0.0101 e. The number of nitrogens with one attached hydrogen (secondary N) is 1. The molecule has 0 saturated heterocycles. The van der Waals surface area contributed by atoms with Crippen molar-refractivity contribution >= 4 is 0 Å². The molecule has 3 rings (SSSR count). The van der Waals surface area contributed by atoms with Crippen LogP contribution in [0.2, 0.25) is 0 Å². The molecule has 2 heteroatoms. The zero-order valence-corrected chi connectivity index (χ0v) is 11.5. The van der Waals surface area contributed by atoms with Crippen molar-refractivity contribution in [2.24, 2.45) is 23.7 Å². The van der Waals surface area contributed by atoms with Crippen LogP contribution in [0.4, 0.5) is 0 Å². The summed E-state index contributed by atoms with van der Waals surface area (Å²) >= 11 is 0. The quantitative estimate of drug-likeness (QED) is 0.737. The molecule has 3 aliphatic carbocycles. The standard InChI is InChI=1S/C15H28N2/c1-17(2)8-4-7-16-15-10-11-9-14(15)13-6-3-5-12(11)13/h11-16H,3-10H2,1-2H3. The van der Waals surface area contributed by atoms with Crippen LogP contribution in [0.25, 0.3) is 0 Å². The van der Waals surface area contributed by atoms with Gasteiger partial charge in [-0.3, -0.25) is 0 Å². The Balaban J connectivity index is 1.44. The molecule has 0 radical (unpaired) electrons. The van der Waals surface area contributed by atoms with E-state index >= 15 is 0 Å². The van der Waals surface area contributed by atoms with E-state index in [4.69, 9.17) is 0 Å². The van der Waals surface area contributed by atoms with Gasteiger partial charge in [0, 0.05) is 6.04 Å². The molecule has 0 aromatic heterocycles. The van der Waals surface area contributed by atoms with Gasteiger partial charge in [-0.15, -0.1) is 0 Å². The number of nitrogens with zero attached hydrogens (tertiary/aromatic N) is 1. The Morgan fingerprint density at radius 1 is 1.06 bits per heavy atom. The molecular formula is C15H28N2. The normalized spacial score (nSPS) is 43.6. The zero-order valence-electron chi connectivity index (χ0n) is 11.5. The summed E-state index contributed by atoms with van der Waals surface area (Å²) in [6, 6.07) is 0.876. The summed E-state index contributed by atoms with van der Waals surface area (Å²) < 4.78 is 0. The Morgan fingerprint density at radius 3 is 2.71 bits per heavy atom. The molecule has 0 aromatic rings. The van der Waals surface area contributed by atoms with Gasteiger partial charge >= 0.3 is 0 Å². The number of fused-ring (bicyclic) bond motifs is 5. The van der Waals surface area contributed by atoms with Gasteiger partial charge in [0.25, 0.3) is 0 Å². The number of hydrogen-bond donors (Lipinski definition) is 1. The van der Waals surface area contributed by atoms with E-state index < -0.39 is 0 Å². The Hall–Kier alpha value is -0.0800. The molecule has 0 aliphatic heterocycles. The maximum absolute atomic E-state index is 3.85. The van der Waals surface area contributed by atoms with Crippen LogP contribution in [0.15, 0.2) is 0 Å². The second-order valence-corrected chi connectivity index (χ2v) is 6.87. The molecule has 0 aromatic carbocycles. The Bertz CT molecular complexity index is 264. The van der Waals surface area contributed by atoms with E-state index in [0.717, 1.165) is 29.7 Å². The van der Waals surface area contributed by atoms with E-state index in [1.54, 1.807) is 19.3 Å². The van der Waals surface area contributed by atoms with Crippen molar-refractivity contribution in [3.63, 3.8) is 0 Å². The highest BCUT2D eigenvalue weighted by atomic mass is 15.1. The molecule has 98 valence electrons. The summed E-state index contributed by atoms with van der Waals surface area (Å²) in [4.78, 5) is 2.29. The minimum atomic E-state index is 0.876. The van der Waals surface area contributed by atoms with Gasteiger partial charge in [-0.1, -0.05) is 6.42 Å². The van der Waals surface area contributed by atoms with Gasteiger partial charge < -0.3 is 10.2 Å². The van der Waals surface area contributed by atoms with Gasteiger partial charge in [0.2, 0.25) is 0 Å². The van der Waals surface area contributed by atoms with E-state index in [2.05, 4.69) is 24.3 Å². The lowest BCUT2D eigenvalue weighted by molar-refractivity contribution is 0.207. The third-order valence-corrected chi connectivity index (χ3v) is 5.62. The van der Waals surface area contributed by atoms with Crippen LogP contribution in [0, 0.1) is 23.7 Å². The van der Waals surface area contributed by atoms with E-state index in [1.165, 1.54) is 32.4 Å². The molecule has 5 atom stereocenters. The molecule has 2 bridgehead atoms. The fourth-order valence-electron chi connectivity index (χ4n) is 4.99. The number of rotatable bonds is 5. The average Bonchev–Trinajstić information content (AvgIpc) is 2.95. The van der Waals surface area contributed by atoms with Crippen molar-refractivity contribution in [2.75, 3.05) is 27.2 Å². The third kappa shape index (κ3) is 2.26. The topological polar surface area (TPSA) is 15.3 Å². The van der Waals surface area contributed by atoms with Crippen molar-refractivity contribution in [2.45, 2.75) is 44.6 Å². The highest BCUT2D eigenvalue weighted by Gasteiger charge is 2.53. The minimum Gasteiger partial charge on any atom is -0.314 e. The molecule has 5 unspecified atom stereocenters. The summed E-state index contributed by atoms with van der Waals surface area (Å²) in [5, 5.41) is 3.85. The molecule has 0 spiro atoms. The van der Waals surface area contributed by atoms with Crippen molar-refractivity contribution in [3.05, 3.63) is 0 Å². The monoisotopic (exact) mass is 236 g/mol. The molecule has 0 amide bonds. The van der Waals surface area contributed by atoms with E-state index in [-0.39, 0.29) is 0 Å².